The molecule has 0 bridgehead atoms. The van der Waals surface area contributed by atoms with Crippen LogP contribution in [0.5, 0.6) is 0 Å². The SMILES string of the molecule is CN1N=C(c2ccc([N+](=O)[O-])cc2)C(c2ccc([N+](=O)[O-])cc2)C2=C1c1ccccc1C(=O)C2=O. The Kier molecular flexibility index (Phi) is 5.05. The summed E-state index contributed by atoms with van der Waals surface area (Å²) in [6.45, 7) is 0. The highest BCUT2D eigenvalue weighted by Crippen LogP contribution is 2.44. The van der Waals surface area contributed by atoms with Crippen molar-refractivity contribution >= 4 is 34.3 Å². The highest BCUT2D eigenvalue weighted by molar-refractivity contribution is 6.53. The number of carbonyl (C=O) groups is 2. The third-order valence-electron chi connectivity index (χ3n) is 6.09. The molecule has 5 rings (SSSR count). The Bertz CT molecular complexity index is 1490. The first-order valence-corrected chi connectivity index (χ1v) is 10.5. The molecule has 0 saturated heterocycles. The summed E-state index contributed by atoms with van der Waals surface area (Å²) < 4.78 is 0. The van der Waals surface area contributed by atoms with Crippen molar-refractivity contribution < 1.29 is 19.4 Å². The van der Waals surface area contributed by atoms with Gasteiger partial charge in [0.2, 0.25) is 11.6 Å². The van der Waals surface area contributed by atoms with Crippen LogP contribution in [0.1, 0.15) is 33.0 Å². The number of benzene rings is 3. The van der Waals surface area contributed by atoms with Crippen LogP contribution in [0.2, 0.25) is 0 Å². The van der Waals surface area contributed by atoms with Crippen molar-refractivity contribution in [2.75, 3.05) is 7.05 Å². The smallest absolute Gasteiger partial charge is 0.269 e. The van der Waals surface area contributed by atoms with Gasteiger partial charge in [-0.25, -0.2) is 0 Å². The summed E-state index contributed by atoms with van der Waals surface area (Å²) >= 11 is 0. The Morgan fingerprint density at radius 2 is 1.31 bits per heavy atom. The van der Waals surface area contributed by atoms with E-state index in [4.69, 9.17) is 5.10 Å². The maximum Gasteiger partial charge on any atom is 0.269 e. The number of ketones is 2. The van der Waals surface area contributed by atoms with Crippen LogP contribution >= 0.6 is 0 Å². The average Bonchev–Trinajstić information content (AvgIpc) is 2.87. The number of carbonyl (C=O) groups excluding carboxylic acids is 2. The third-order valence-corrected chi connectivity index (χ3v) is 6.09. The molecule has 3 aromatic rings. The first kappa shape index (κ1) is 21.8. The number of hydrogen-bond donors (Lipinski definition) is 0. The number of non-ortho nitro benzene ring substituents is 2. The van der Waals surface area contributed by atoms with Crippen molar-refractivity contribution in [1.82, 2.24) is 5.01 Å². The van der Waals surface area contributed by atoms with E-state index in [1.165, 1.54) is 53.5 Å². The fourth-order valence-electron chi connectivity index (χ4n) is 4.50. The summed E-state index contributed by atoms with van der Waals surface area (Å²) in [7, 11) is 1.66. The number of hydrazone groups is 1. The number of fused-ring (bicyclic) bond motifs is 2. The predicted molar refractivity (Wildman–Crippen MR) is 126 cm³/mol. The van der Waals surface area contributed by atoms with E-state index in [9.17, 15) is 29.8 Å². The molecule has 3 aromatic carbocycles. The number of Topliss-reactive ketones (excluding diaryl/α,β-unsaturated/α-hetero) is 2. The molecule has 1 aliphatic carbocycles. The van der Waals surface area contributed by atoms with Crippen molar-refractivity contribution in [2.24, 2.45) is 5.10 Å². The lowest BCUT2D eigenvalue weighted by Crippen LogP contribution is -2.37. The molecule has 0 N–H and O–H groups in total. The summed E-state index contributed by atoms with van der Waals surface area (Å²) in [5, 5.41) is 28.5. The quantitative estimate of drug-likeness (QED) is 0.319. The Hall–Kier alpha value is -4.99. The van der Waals surface area contributed by atoms with Crippen LogP contribution in [0, 0.1) is 20.2 Å². The number of nitro groups is 2. The molecule has 10 heteroatoms. The zero-order chi connectivity index (χ0) is 24.9. The van der Waals surface area contributed by atoms with Gasteiger partial charge < -0.3 is 0 Å². The van der Waals surface area contributed by atoms with E-state index < -0.39 is 27.3 Å². The van der Waals surface area contributed by atoms with E-state index in [-0.39, 0.29) is 22.5 Å². The minimum absolute atomic E-state index is 0.108. The monoisotopic (exact) mass is 468 g/mol. The van der Waals surface area contributed by atoms with Crippen LogP contribution in [0.4, 0.5) is 11.4 Å². The van der Waals surface area contributed by atoms with Gasteiger partial charge in [0.1, 0.15) is 0 Å². The van der Waals surface area contributed by atoms with Crippen molar-refractivity contribution in [2.45, 2.75) is 5.92 Å². The Labute approximate surface area is 198 Å². The van der Waals surface area contributed by atoms with E-state index >= 15 is 0 Å². The number of rotatable bonds is 4. The largest absolute Gasteiger partial charge is 0.285 e. The topological polar surface area (TPSA) is 136 Å². The van der Waals surface area contributed by atoms with Gasteiger partial charge in [-0.1, -0.05) is 36.4 Å². The molecule has 0 radical (unpaired) electrons. The first-order chi connectivity index (χ1) is 16.8. The lowest BCUT2D eigenvalue weighted by Gasteiger charge is -2.36. The first-order valence-electron chi connectivity index (χ1n) is 10.5. The highest BCUT2D eigenvalue weighted by Gasteiger charge is 2.43. The van der Waals surface area contributed by atoms with Crippen molar-refractivity contribution in [3.05, 3.63) is 121 Å². The molecular weight excluding hydrogens is 452 g/mol. The second-order valence-corrected chi connectivity index (χ2v) is 8.06. The van der Waals surface area contributed by atoms with E-state index in [0.717, 1.165) is 0 Å². The van der Waals surface area contributed by atoms with Gasteiger partial charge >= 0.3 is 0 Å². The molecule has 1 unspecified atom stereocenters. The molecule has 0 fully saturated rings. The van der Waals surface area contributed by atoms with Gasteiger partial charge in [-0.05, 0) is 23.3 Å². The average molecular weight is 468 g/mol. The number of nitro benzene ring substituents is 2. The van der Waals surface area contributed by atoms with E-state index in [1.54, 1.807) is 31.3 Å². The molecule has 172 valence electrons. The minimum Gasteiger partial charge on any atom is -0.285 e. The third kappa shape index (κ3) is 3.48. The molecule has 0 saturated carbocycles. The van der Waals surface area contributed by atoms with Gasteiger partial charge in [-0.3, -0.25) is 34.8 Å². The van der Waals surface area contributed by atoms with Crippen LogP contribution in [-0.4, -0.2) is 39.2 Å². The lowest BCUT2D eigenvalue weighted by atomic mass is 9.74. The van der Waals surface area contributed by atoms with Gasteiger partial charge in [0, 0.05) is 48.0 Å². The molecule has 35 heavy (non-hydrogen) atoms. The zero-order valence-corrected chi connectivity index (χ0v) is 18.2. The molecule has 1 heterocycles. The number of nitrogens with zero attached hydrogens (tertiary/aromatic N) is 4. The normalized spacial score (nSPS) is 17.0. The van der Waals surface area contributed by atoms with Gasteiger partial charge in [-0.15, -0.1) is 0 Å². The number of hydrogen-bond acceptors (Lipinski definition) is 8. The predicted octanol–water partition coefficient (Wildman–Crippen LogP) is 4.11. The summed E-state index contributed by atoms with van der Waals surface area (Å²) in [6, 6.07) is 18.2. The van der Waals surface area contributed by atoms with Gasteiger partial charge in [0.25, 0.3) is 11.4 Å². The summed E-state index contributed by atoms with van der Waals surface area (Å²) in [4.78, 5) is 47.8. The number of allylic oxidation sites excluding steroid dienone is 1. The second kappa shape index (κ2) is 8.10. The van der Waals surface area contributed by atoms with Gasteiger partial charge in [0.05, 0.1) is 27.2 Å². The van der Waals surface area contributed by atoms with Gasteiger partial charge in [0.15, 0.2) is 0 Å². The molecule has 1 aliphatic heterocycles. The van der Waals surface area contributed by atoms with Crippen molar-refractivity contribution in [3.63, 3.8) is 0 Å². The van der Waals surface area contributed by atoms with E-state index in [0.29, 0.717) is 28.1 Å². The standard InChI is InChI=1S/C25H16N4O6/c1-27-23-18-4-2-3-5-19(18)24(30)25(31)21(23)20(14-6-10-16(11-7-14)28(32)33)22(26-27)15-8-12-17(13-9-15)29(34)35/h2-13,20H,1H3. The molecule has 1 atom stereocenters. The molecule has 10 nitrogen and oxygen atoms in total. The maximum absolute atomic E-state index is 13.5. The van der Waals surface area contributed by atoms with Crippen molar-refractivity contribution in [1.29, 1.82) is 0 Å². The summed E-state index contributed by atoms with van der Waals surface area (Å²) in [6.07, 6.45) is 0. The van der Waals surface area contributed by atoms with Gasteiger partial charge in [-0.2, -0.15) is 5.10 Å². The van der Waals surface area contributed by atoms with Crippen LogP contribution in [0.25, 0.3) is 5.70 Å². The van der Waals surface area contributed by atoms with Crippen molar-refractivity contribution in [3.8, 4) is 0 Å². The Morgan fingerprint density at radius 3 is 1.89 bits per heavy atom. The van der Waals surface area contributed by atoms with Crippen LogP contribution in [0.3, 0.4) is 0 Å². The van der Waals surface area contributed by atoms with E-state index in [1.807, 2.05) is 0 Å². The Balaban J connectivity index is 1.75. The molecular formula is C25H16N4O6. The molecule has 0 amide bonds. The van der Waals surface area contributed by atoms with Crippen LogP contribution in [0.15, 0.2) is 83.5 Å². The fourth-order valence-corrected chi connectivity index (χ4v) is 4.50. The highest BCUT2D eigenvalue weighted by atomic mass is 16.6. The van der Waals surface area contributed by atoms with Crippen LogP contribution < -0.4 is 0 Å². The summed E-state index contributed by atoms with van der Waals surface area (Å²) in [5.41, 5.74) is 2.70. The fraction of sp³-hybridized carbons (Fsp3) is 0.0800. The molecule has 2 aliphatic rings. The molecule has 0 spiro atoms. The maximum atomic E-state index is 13.5. The minimum atomic E-state index is -0.826. The zero-order valence-electron chi connectivity index (χ0n) is 18.2. The van der Waals surface area contributed by atoms with Crippen LogP contribution in [-0.2, 0) is 4.79 Å². The lowest BCUT2D eigenvalue weighted by molar-refractivity contribution is -0.385. The molecule has 0 aromatic heterocycles. The second-order valence-electron chi connectivity index (χ2n) is 8.06. The van der Waals surface area contributed by atoms with E-state index in [2.05, 4.69) is 0 Å². The summed E-state index contributed by atoms with van der Waals surface area (Å²) in [5.74, 6) is -2.17. The Morgan fingerprint density at radius 1 is 0.771 bits per heavy atom.